The number of fused-ring (bicyclic) bond motifs is 1. The molecule has 4 aromatic rings. The number of halogens is 1. The quantitative estimate of drug-likeness (QED) is 0.384. The van der Waals surface area contributed by atoms with Crippen LogP contribution in [0, 0.1) is 35.4 Å². The van der Waals surface area contributed by atoms with Gasteiger partial charge in [0.05, 0.1) is 17.2 Å². The van der Waals surface area contributed by atoms with Gasteiger partial charge < -0.3 is 9.47 Å². The molecule has 0 saturated carbocycles. The Morgan fingerprint density at radius 2 is 1.56 bits per heavy atom. The van der Waals surface area contributed by atoms with E-state index < -0.39 is 5.56 Å². The fourth-order valence-electron chi connectivity index (χ4n) is 5.63. The maximum Gasteiger partial charge on any atom is 0.270 e. The molecule has 3 heterocycles. The van der Waals surface area contributed by atoms with Crippen molar-refractivity contribution >= 4 is 16.7 Å². The van der Waals surface area contributed by atoms with Crippen molar-refractivity contribution < 1.29 is 4.39 Å². The first-order chi connectivity index (χ1) is 18.7. The van der Waals surface area contributed by atoms with Gasteiger partial charge in [0.15, 0.2) is 0 Å². The van der Waals surface area contributed by atoms with Gasteiger partial charge in [0.2, 0.25) is 0 Å². The third-order valence-corrected chi connectivity index (χ3v) is 7.67. The van der Waals surface area contributed by atoms with Crippen LogP contribution in [0.25, 0.3) is 11.0 Å². The second-order valence-electron chi connectivity index (χ2n) is 10.3. The van der Waals surface area contributed by atoms with Gasteiger partial charge in [0, 0.05) is 32.2 Å². The summed E-state index contributed by atoms with van der Waals surface area (Å²) in [5, 5.41) is 19.6. The maximum atomic E-state index is 13.8. The van der Waals surface area contributed by atoms with Crippen molar-refractivity contribution in [3.63, 3.8) is 0 Å². The summed E-state index contributed by atoms with van der Waals surface area (Å²) in [5.41, 5.74) is 4.62. The summed E-state index contributed by atoms with van der Waals surface area (Å²) in [6.07, 6.45) is 0. The number of aromatic nitrogens is 2. The fourth-order valence-corrected chi connectivity index (χ4v) is 5.63. The van der Waals surface area contributed by atoms with Crippen molar-refractivity contribution in [3.8, 4) is 12.1 Å². The van der Waals surface area contributed by atoms with Crippen LogP contribution in [0.15, 0.2) is 65.5 Å². The van der Waals surface area contributed by atoms with Gasteiger partial charge in [-0.15, -0.1) is 0 Å². The average molecular weight is 521 g/mol. The van der Waals surface area contributed by atoms with Gasteiger partial charge in [-0.3, -0.25) is 9.69 Å². The molecule has 2 aromatic carbocycles. The van der Waals surface area contributed by atoms with Crippen LogP contribution in [-0.4, -0.2) is 39.6 Å². The first-order valence-corrected chi connectivity index (χ1v) is 12.9. The molecule has 0 amide bonds. The van der Waals surface area contributed by atoms with E-state index in [1.54, 1.807) is 19.2 Å². The number of hydrogen-bond acceptors (Lipinski definition) is 6. The molecule has 1 aliphatic heterocycles. The lowest BCUT2D eigenvalue weighted by Crippen LogP contribution is -2.58. The second kappa shape index (κ2) is 10.3. The minimum absolute atomic E-state index is 0.00218. The molecular formula is C31H29FN6O. The molecule has 1 aliphatic rings. The topological polar surface area (TPSA) is 89.0 Å². The molecule has 7 nitrogen and oxygen atoms in total. The highest BCUT2D eigenvalue weighted by atomic mass is 19.1. The SMILES string of the molecule is Cc1ccc(C(c2ccc(F)cc2)N2C[C@H](C)N(c3c(C#N)c(=O)n(C)c4ccc(C#N)nc34)C[C@H]2C)cc1. The number of piperazine rings is 1. The van der Waals surface area contributed by atoms with Crippen molar-refractivity contribution in [2.24, 2.45) is 7.05 Å². The lowest BCUT2D eigenvalue weighted by atomic mass is 9.92. The van der Waals surface area contributed by atoms with Gasteiger partial charge in [0.25, 0.3) is 5.56 Å². The van der Waals surface area contributed by atoms with Gasteiger partial charge >= 0.3 is 0 Å². The maximum absolute atomic E-state index is 13.8. The van der Waals surface area contributed by atoms with Crippen LogP contribution >= 0.6 is 0 Å². The van der Waals surface area contributed by atoms with E-state index in [0.29, 0.717) is 29.8 Å². The predicted octanol–water partition coefficient (Wildman–Crippen LogP) is 4.81. The molecule has 1 fully saturated rings. The van der Waals surface area contributed by atoms with Crippen molar-refractivity contribution in [3.05, 3.63) is 105 Å². The lowest BCUT2D eigenvalue weighted by Gasteiger charge is -2.48. The van der Waals surface area contributed by atoms with Crippen LogP contribution in [0.4, 0.5) is 10.1 Å². The monoisotopic (exact) mass is 520 g/mol. The molecule has 0 aliphatic carbocycles. The van der Waals surface area contributed by atoms with Gasteiger partial charge in [-0.1, -0.05) is 42.0 Å². The van der Waals surface area contributed by atoms with Crippen LogP contribution < -0.4 is 10.5 Å². The fraction of sp³-hybridized carbons (Fsp3) is 0.290. The number of nitrogens with zero attached hydrogens (tertiary/aromatic N) is 6. The summed E-state index contributed by atoms with van der Waals surface area (Å²) in [7, 11) is 1.61. The standard InChI is InChI=1S/C31H29FN6O/c1-19-5-7-22(8-6-19)29(23-9-11-24(32)12-10-23)37-17-21(3)38(18-20(37)2)30-26(16-34)31(39)36(4)27-14-13-25(15-33)35-28(27)30/h5-14,20-21,29H,17-18H2,1-4H3/t20-,21+,29?/m1/s1. The van der Waals surface area contributed by atoms with E-state index in [1.165, 1.54) is 16.7 Å². The van der Waals surface area contributed by atoms with E-state index in [1.807, 2.05) is 19.1 Å². The zero-order chi connectivity index (χ0) is 27.8. The summed E-state index contributed by atoms with van der Waals surface area (Å²) in [6, 6.07) is 22.3. The molecule has 39 heavy (non-hydrogen) atoms. The summed E-state index contributed by atoms with van der Waals surface area (Å²) in [6.45, 7) is 7.38. The molecule has 0 bridgehead atoms. The van der Waals surface area contributed by atoms with E-state index >= 15 is 0 Å². The normalized spacial score (nSPS) is 18.5. The molecule has 0 radical (unpaired) electrons. The highest BCUT2D eigenvalue weighted by Crippen LogP contribution is 2.37. The summed E-state index contributed by atoms with van der Waals surface area (Å²) >= 11 is 0. The zero-order valence-electron chi connectivity index (χ0n) is 22.4. The Bertz CT molecular complexity index is 1640. The highest BCUT2D eigenvalue weighted by Gasteiger charge is 2.37. The van der Waals surface area contributed by atoms with Crippen molar-refractivity contribution in [1.82, 2.24) is 14.5 Å². The van der Waals surface area contributed by atoms with E-state index in [0.717, 1.165) is 16.7 Å². The summed E-state index contributed by atoms with van der Waals surface area (Å²) in [4.78, 5) is 22.2. The minimum Gasteiger partial charge on any atom is -0.363 e. The van der Waals surface area contributed by atoms with Crippen molar-refractivity contribution in [1.29, 1.82) is 10.5 Å². The third-order valence-electron chi connectivity index (χ3n) is 7.67. The lowest BCUT2D eigenvalue weighted by molar-refractivity contribution is 0.130. The van der Waals surface area contributed by atoms with Gasteiger partial charge in [-0.2, -0.15) is 10.5 Å². The van der Waals surface area contributed by atoms with Crippen molar-refractivity contribution in [2.45, 2.75) is 38.9 Å². The third kappa shape index (κ3) is 4.65. The number of rotatable bonds is 4. The Balaban J connectivity index is 1.61. The molecular weight excluding hydrogens is 491 g/mol. The van der Waals surface area contributed by atoms with Gasteiger partial charge in [-0.05, 0) is 56.2 Å². The molecule has 1 unspecified atom stereocenters. The van der Waals surface area contributed by atoms with E-state index in [9.17, 15) is 19.7 Å². The Hall–Kier alpha value is -4.53. The first kappa shape index (κ1) is 26.1. The first-order valence-electron chi connectivity index (χ1n) is 12.9. The van der Waals surface area contributed by atoms with Crippen molar-refractivity contribution in [2.75, 3.05) is 18.0 Å². The number of anilines is 1. The summed E-state index contributed by atoms with van der Waals surface area (Å²) in [5.74, 6) is -0.279. The summed E-state index contributed by atoms with van der Waals surface area (Å²) < 4.78 is 15.3. The molecule has 3 atom stereocenters. The molecule has 1 saturated heterocycles. The Kier molecular flexibility index (Phi) is 6.91. The molecule has 5 rings (SSSR count). The number of hydrogen-bond donors (Lipinski definition) is 0. The van der Waals surface area contributed by atoms with Crippen LogP contribution in [0.1, 0.15) is 47.8 Å². The minimum atomic E-state index is -0.391. The number of nitriles is 2. The predicted molar refractivity (Wildman–Crippen MR) is 149 cm³/mol. The van der Waals surface area contributed by atoms with E-state index in [-0.39, 0.29) is 35.2 Å². The number of benzene rings is 2. The molecule has 0 N–H and O–H groups in total. The Morgan fingerprint density at radius 3 is 2.18 bits per heavy atom. The second-order valence-corrected chi connectivity index (χ2v) is 10.3. The molecule has 0 spiro atoms. The molecule has 196 valence electrons. The zero-order valence-corrected chi connectivity index (χ0v) is 22.4. The number of aryl methyl sites for hydroxylation is 2. The Labute approximate surface area is 227 Å². The largest absolute Gasteiger partial charge is 0.363 e. The highest BCUT2D eigenvalue weighted by molar-refractivity contribution is 5.92. The van der Waals surface area contributed by atoms with Crippen LogP contribution in [-0.2, 0) is 7.05 Å². The van der Waals surface area contributed by atoms with Crippen LogP contribution in [0.2, 0.25) is 0 Å². The Morgan fingerprint density at radius 1 is 0.923 bits per heavy atom. The van der Waals surface area contributed by atoms with Gasteiger partial charge in [0.1, 0.15) is 34.7 Å². The van der Waals surface area contributed by atoms with Gasteiger partial charge in [-0.25, -0.2) is 9.37 Å². The van der Waals surface area contributed by atoms with Crippen LogP contribution in [0.3, 0.4) is 0 Å². The molecule has 2 aromatic heterocycles. The molecule has 8 heteroatoms. The average Bonchev–Trinajstić information content (AvgIpc) is 2.94. The van der Waals surface area contributed by atoms with E-state index in [2.05, 4.69) is 65.0 Å². The smallest absolute Gasteiger partial charge is 0.270 e. The van der Waals surface area contributed by atoms with Crippen LogP contribution in [0.5, 0.6) is 0 Å². The van der Waals surface area contributed by atoms with E-state index in [4.69, 9.17) is 0 Å². The number of pyridine rings is 2.